The minimum Gasteiger partial charge on any atom is -0.481 e. The van der Waals surface area contributed by atoms with Gasteiger partial charge in [0, 0.05) is 37.9 Å². The number of aryl methyl sites for hydroxylation is 3. The fraction of sp³-hybridized carbons (Fsp3) is 0.529. The van der Waals surface area contributed by atoms with Gasteiger partial charge in [-0.05, 0) is 118 Å². The molecule has 2 aromatic carbocycles. The number of carbonyl (C=O) groups is 1. The Morgan fingerprint density at radius 1 is 0.872 bits per heavy atom. The predicted octanol–water partition coefficient (Wildman–Crippen LogP) is 9.25. The van der Waals surface area contributed by atoms with Gasteiger partial charge in [0.2, 0.25) is 5.88 Å². The van der Waals surface area contributed by atoms with E-state index in [0.717, 1.165) is 68.5 Å². The number of carboxylic acid groups (broad SMARTS) is 1. The Morgan fingerprint density at radius 2 is 1.47 bits per heavy atom. The highest BCUT2D eigenvalue weighted by Crippen LogP contribution is 2.38. The minimum absolute atomic E-state index is 0. The smallest absolute Gasteiger partial charge is 0.416 e. The van der Waals surface area contributed by atoms with Crippen LogP contribution in [0.2, 0.25) is 0 Å². The summed E-state index contributed by atoms with van der Waals surface area (Å²) < 4.78 is 87.7. The molecule has 0 atom stereocenters. The monoisotopic (exact) mass is 687 g/mol. The summed E-state index contributed by atoms with van der Waals surface area (Å²) in [6.45, 7) is 5.03. The second-order valence-corrected chi connectivity index (χ2v) is 12.6. The van der Waals surface area contributed by atoms with E-state index in [1.54, 1.807) is 17.9 Å². The number of halogens is 7. The number of rotatable bonds is 10. The van der Waals surface area contributed by atoms with Gasteiger partial charge in [-0.2, -0.15) is 26.3 Å². The number of benzene rings is 2. The summed E-state index contributed by atoms with van der Waals surface area (Å²) in [4.78, 5) is 15.4. The zero-order valence-corrected chi connectivity index (χ0v) is 27.2. The molecule has 0 unspecified atom stereocenters. The van der Waals surface area contributed by atoms with Crippen LogP contribution >= 0.6 is 12.4 Å². The average Bonchev–Trinajstić information content (AvgIpc) is 3.44. The average molecular weight is 688 g/mol. The van der Waals surface area contributed by atoms with E-state index >= 15 is 0 Å². The van der Waals surface area contributed by atoms with Crippen LogP contribution in [0.3, 0.4) is 0 Å². The second kappa shape index (κ2) is 14.8. The lowest BCUT2D eigenvalue weighted by Crippen LogP contribution is -2.34. The molecule has 3 aromatic rings. The van der Waals surface area contributed by atoms with Crippen molar-refractivity contribution >= 4 is 29.9 Å². The first-order valence-electron chi connectivity index (χ1n) is 15.8. The first kappa shape index (κ1) is 36.4. The Balaban J connectivity index is 0.00000500. The quantitative estimate of drug-likeness (QED) is 0.214. The summed E-state index contributed by atoms with van der Waals surface area (Å²) in [6, 6.07) is 7.57. The van der Waals surface area contributed by atoms with Gasteiger partial charge < -0.3 is 19.4 Å². The molecule has 1 N–H and O–H groups in total. The first-order chi connectivity index (χ1) is 21.7. The number of aliphatic carboxylic acids is 1. The van der Waals surface area contributed by atoms with Crippen molar-refractivity contribution in [3.8, 4) is 0 Å². The second-order valence-electron chi connectivity index (χ2n) is 12.6. The summed E-state index contributed by atoms with van der Waals surface area (Å²) in [7, 11) is 0. The number of anilines is 2. The fourth-order valence-corrected chi connectivity index (χ4v) is 6.79. The van der Waals surface area contributed by atoms with Crippen molar-refractivity contribution < 1.29 is 40.8 Å². The Kier molecular flexibility index (Phi) is 11.5. The summed E-state index contributed by atoms with van der Waals surface area (Å²) >= 11 is 0. The molecule has 0 aliphatic heterocycles. The molecule has 0 spiro atoms. The van der Waals surface area contributed by atoms with E-state index in [1.165, 1.54) is 11.1 Å². The van der Waals surface area contributed by atoms with Crippen LogP contribution in [-0.2, 0) is 43.1 Å². The van der Waals surface area contributed by atoms with Crippen LogP contribution < -0.4 is 9.80 Å². The molecular weight excluding hydrogens is 648 g/mol. The lowest BCUT2D eigenvalue weighted by atomic mass is 9.81. The van der Waals surface area contributed by atoms with Gasteiger partial charge >= 0.3 is 18.3 Å². The maximum atomic E-state index is 13.7. The Morgan fingerprint density at radius 3 is 1.98 bits per heavy atom. The van der Waals surface area contributed by atoms with Gasteiger partial charge in [0.15, 0.2) is 0 Å². The van der Waals surface area contributed by atoms with E-state index in [-0.39, 0.29) is 48.9 Å². The molecule has 0 saturated heterocycles. The highest BCUT2D eigenvalue weighted by molar-refractivity contribution is 5.85. The van der Waals surface area contributed by atoms with Crippen molar-refractivity contribution in [2.45, 2.75) is 90.7 Å². The number of fused-ring (bicyclic) bond motifs is 1. The Labute approximate surface area is 276 Å². The number of carboxylic acids is 1. The van der Waals surface area contributed by atoms with E-state index in [1.807, 2.05) is 6.92 Å². The van der Waals surface area contributed by atoms with Gasteiger partial charge in [-0.25, -0.2) is 0 Å². The van der Waals surface area contributed by atoms with Crippen molar-refractivity contribution in [2.24, 2.45) is 11.8 Å². The van der Waals surface area contributed by atoms with E-state index in [2.05, 4.69) is 22.2 Å². The normalized spacial score (nSPS) is 18.3. The molecule has 0 bridgehead atoms. The van der Waals surface area contributed by atoms with Crippen molar-refractivity contribution in [1.29, 1.82) is 0 Å². The van der Waals surface area contributed by atoms with Crippen LogP contribution in [0.1, 0.15) is 84.5 Å². The number of aromatic nitrogens is 1. The lowest BCUT2D eigenvalue weighted by Gasteiger charge is -2.35. The van der Waals surface area contributed by atoms with Crippen LogP contribution in [-0.4, -0.2) is 29.3 Å². The van der Waals surface area contributed by atoms with Gasteiger partial charge in [-0.1, -0.05) is 11.2 Å². The van der Waals surface area contributed by atoms with Crippen LogP contribution in [0, 0.1) is 18.8 Å². The highest BCUT2D eigenvalue weighted by atomic mass is 35.5. The SMILES string of the molecule is CCN(C[C@H]1CC[C@H](C(=O)O)CC1)c1cc2c(cc1CN(Cc1cc(C(F)(F)F)cc(C(F)(F)F)c1)c1cc(C)no1)CCCC2.Cl. The highest BCUT2D eigenvalue weighted by Gasteiger charge is 2.37. The van der Waals surface area contributed by atoms with Crippen LogP contribution in [0.5, 0.6) is 0 Å². The molecule has 1 aromatic heterocycles. The van der Waals surface area contributed by atoms with Gasteiger partial charge in [0.1, 0.15) is 0 Å². The molecule has 1 fully saturated rings. The number of hydrogen-bond donors (Lipinski definition) is 1. The largest absolute Gasteiger partial charge is 0.481 e. The molecule has 1 saturated carbocycles. The Hall–Kier alpha value is -3.41. The van der Waals surface area contributed by atoms with Crippen LogP contribution in [0.4, 0.5) is 37.9 Å². The molecule has 0 amide bonds. The lowest BCUT2D eigenvalue weighted by molar-refractivity contribution is -0.144. The van der Waals surface area contributed by atoms with Gasteiger partial charge in [-0.3, -0.25) is 4.79 Å². The molecule has 2 aliphatic carbocycles. The minimum atomic E-state index is -4.96. The fourth-order valence-electron chi connectivity index (χ4n) is 6.79. The van der Waals surface area contributed by atoms with Crippen LogP contribution in [0.15, 0.2) is 40.9 Å². The third-order valence-corrected chi connectivity index (χ3v) is 9.25. The summed E-state index contributed by atoms with van der Waals surface area (Å²) in [5.41, 5.74) is 1.92. The molecule has 258 valence electrons. The van der Waals surface area contributed by atoms with Crippen molar-refractivity contribution in [2.75, 3.05) is 22.9 Å². The first-order valence-corrected chi connectivity index (χ1v) is 15.8. The molecule has 6 nitrogen and oxygen atoms in total. The van der Waals surface area contributed by atoms with Crippen molar-refractivity contribution in [3.05, 3.63) is 75.5 Å². The zero-order chi connectivity index (χ0) is 33.2. The van der Waals surface area contributed by atoms with E-state index in [9.17, 15) is 36.2 Å². The predicted molar refractivity (Wildman–Crippen MR) is 169 cm³/mol. The van der Waals surface area contributed by atoms with Gasteiger partial charge in [0.25, 0.3) is 0 Å². The number of hydrogen-bond acceptors (Lipinski definition) is 5. The summed E-state index contributed by atoms with van der Waals surface area (Å²) in [5, 5.41) is 13.4. The summed E-state index contributed by atoms with van der Waals surface area (Å²) in [5.74, 6) is -0.535. The van der Waals surface area contributed by atoms with Crippen LogP contribution in [0.25, 0.3) is 0 Å². The molecule has 1 heterocycles. The van der Waals surface area contributed by atoms with E-state index in [0.29, 0.717) is 31.0 Å². The van der Waals surface area contributed by atoms with Gasteiger partial charge in [-0.15, -0.1) is 12.4 Å². The molecular formula is C34H40ClF6N3O3. The standard InChI is InChI=1S/C34H39F6N3O3.ClH/c1-3-42(18-22-8-10-24(11-9-22)32(44)45)30-16-26-7-5-4-6-25(26)15-27(30)20-43(31-12-21(2)41-46-31)19-23-13-28(33(35,36)37)17-29(14-23)34(38,39)40;/h12-17,22,24H,3-11,18-20H2,1-2H3,(H,44,45);1H/t22-,24-;. The topological polar surface area (TPSA) is 69.8 Å². The van der Waals surface area contributed by atoms with Gasteiger partial charge in [0.05, 0.1) is 22.7 Å². The van der Waals surface area contributed by atoms with Crippen molar-refractivity contribution in [3.63, 3.8) is 0 Å². The maximum Gasteiger partial charge on any atom is 0.416 e. The summed E-state index contributed by atoms with van der Waals surface area (Å²) in [6.07, 6.45) is -3.14. The Bertz CT molecular complexity index is 1500. The third kappa shape index (κ3) is 8.94. The molecule has 13 heteroatoms. The zero-order valence-electron chi connectivity index (χ0n) is 26.4. The molecule has 5 rings (SSSR count). The molecule has 47 heavy (non-hydrogen) atoms. The number of alkyl halides is 6. The maximum absolute atomic E-state index is 13.7. The molecule has 2 aliphatic rings. The van der Waals surface area contributed by atoms with Crippen molar-refractivity contribution in [1.82, 2.24) is 5.16 Å². The molecule has 0 radical (unpaired) electrons. The number of nitrogens with zero attached hydrogens (tertiary/aromatic N) is 3. The van der Waals surface area contributed by atoms with E-state index < -0.39 is 29.4 Å². The van der Waals surface area contributed by atoms with E-state index in [4.69, 9.17) is 4.52 Å². The third-order valence-electron chi connectivity index (χ3n) is 9.25.